The molecular weight excluding hydrogens is 280 g/mol. The number of methoxy groups -OCH3 is 2. The van der Waals surface area contributed by atoms with Gasteiger partial charge < -0.3 is 20.1 Å². The first-order chi connectivity index (χ1) is 10.1. The molecule has 2 aromatic rings. The third-order valence-corrected chi connectivity index (χ3v) is 2.83. The van der Waals surface area contributed by atoms with Crippen LogP contribution >= 0.6 is 0 Å². The lowest BCUT2D eigenvalue weighted by atomic mass is 10.2. The molecule has 0 bridgehead atoms. The summed E-state index contributed by atoms with van der Waals surface area (Å²) in [6.07, 6.45) is 0. The van der Waals surface area contributed by atoms with E-state index < -0.39 is 11.6 Å². The fourth-order valence-electron chi connectivity index (χ4n) is 1.77. The van der Waals surface area contributed by atoms with Gasteiger partial charge in [0.25, 0.3) is 0 Å². The summed E-state index contributed by atoms with van der Waals surface area (Å²) in [5.41, 5.74) is 0.455. The lowest BCUT2D eigenvalue weighted by molar-refractivity contribution is 0.404. The number of nitrogens with zero attached hydrogens (tertiary/aromatic N) is 1. The van der Waals surface area contributed by atoms with Crippen molar-refractivity contribution >= 4 is 17.3 Å². The topological polar surface area (TPSA) is 55.4 Å². The number of anilines is 3. The van der Waals surface area contributed by atoms with Gasteiger partial charge in [-0.3, -0.25) is 0 Å². The van der Waals surface area contributed by atoms with Crippen molar-refractivity contribution in [3.05, 3.63) is 35.9 Å². The smallest absolute Gasteiger partial charge is 0.169 e. The van der Waals surface area contributed by atoms with Crippen LogP contribution in [0.2, 0.25) is 0 Å². The Kier molecular flexibility index (Phi) is 4.42. The minimum atomic E-state index is -0.809. The summed E-state index contributed by atoms with van der Waals surface area (Å²) >= 11 is 0. The van der Waals surface area contributed by atoms with E-state index in [4.69, 9.17) is 9.47 Å². The average molecular weight is 295 g/mol. The van der Waals surface area contributed by atoms with Gasteiger partial charge in [-0.15, -0.1) is 0 Å². The molecule has 0 fully saturated rings. The Morgan fingerprint density at radius 3 is 2.33 bits per heavy atom. The Morgan fingerprint density at radius 2 is 1.71 bits per heavy atom. The number of hydrogen-bond donors (Lipinski definition) is 2. The van der Waals surface area contributed by atoms with E-state index >= 15 is 0 Å². The maximum atomic E-state index is 13.8. The fourth-order valence-corrected chi connectivity index (χ4v) is 1.77. The summed E-state index contributed by atoms with van der Waals surface area (Å²) in [4.78, 5) is 3.85. The Balaban J connectivity index is 2.41. The molecule has 0 atom stereocenters. The van der Waals surface area contributed by atoms with E-state index in [2.05, 4.69) is 15.6 Å². The molecule has 7 heteroatoms. The Hall–Kier alpha value is -2.57. The molecule has 2 N–H and O–H groups in total. The van der Waals surface area contributed by atoms with Crippen molar-refractivity contribution < 1.29 is 18.3 Å². The number of pyridine rings is 1. The largest absolute Gasteiger partial charge is 0.497 e. The number of ether oxygens (including phenoxy) is 2. The molecule has 1 heterocycles. The third-order valence-electron chi connectivity index (χ3n) is 2.83. The van der Waals surface area contributed by atoms with Gasteiger partial charge >= 0.3 is 0 Å². The monoisotopic (exact) mass is 295 g/mol. The second kappa shape index (κ2) is 6.25. The summed E-state index contributed by atoms with van der Waals surface area (Å²) < 4.78 is 37.5. The predicted octanol–water partition coefficient (Wildman–Crippen LogP) is 3.16. The van der Waals surface area contributed by atoms with E-state index in [9.17, 15) is 8.78 Å². The van der Waals surface area contributed by atoms with Crippen LogP contribution in [0.4, 0.5) is 26.1 Å². The molecular formula is C14H15F2N3O2. The van der Waals surface area contributed by atoms with Crippen molar-refractivity contribution in [3.63, 3.8) is 0 Å². The van der Waals surface area contributed by atoms with Gasteiger partial charge in [-0.1, -0.05) is 0 Å². The van der Waals surface area contributed by atoms with Crippen molar-refractivity contribution in [1.29, 1.82) is 0 Å². The number of benzene rings is 1. The number of aromatic nitrogens is 1. The predicted molar refractivity (Wildman–Crippen MR) is 76.5 cm³/mol. The van der Waals surface area contributed by atoms with Crippen LogP contribution in [0.5, 0.6) is 11.5 Å². The van der Waals surface area contributed by atoms with Crippen LogP contribution in [0.1, 0.15) is 0 Å². The van der Waals surface area contributed by atoms with Crippen LogP contribution in [-0.4, -0.2) is 26.3 Å². The standard InChI is InChI=1S/C14H15F2N3O2/c1-17-13-9(15)7-10(16)14(19-13)18-11-6-8(20-2)4-5-12(11)21-3/h4-7H,1-3H3,(H2,17,18,19). The molecule has 0 spiro atoms. The zero-order chi connectivity index (χ0) is 15.4. The van der Waals surface area contributed by atoms with Crippen molar-refractivity contribution in [3.8, 4) is 11.5 Å². The minimum absolute atomic E-state index is 0.0548. The van der Waals surface area contributed by atoms with E-state index in [0.29, 0.717) is 17.2 Å². The van der Waals surface area contributed by atoms with Crippen LogP contribution in [0, 0.1) is 11.6 Å². The van der Waals surface area contributed by atoms with Gasteiger partial charge in [0.15, 0.2) is 23.3 Å². The summed E-state index contributed by atoms with van der Waals surface area (Å²) in [6.45, 7) is 0. The number of nitrogens with one attached hydrogen (secondary N) is 2. The third kappa shape index (κ3) is 3.13. The van der Waals surface area contributed by atoms with Gasteiger partial charge in [0, 0.05) is 19.2 Å². The van der Waals surface area contributed by atoms with E-state index in [0.717, 1.165) is 6.07 Å². The van der Waals surface area contributed by atoms with E-state index in [1.165, 1.54) is 21.3 Å². The molecule has 2 rings (SSSR count). The van der Waals surface area contributed by atoms with Gasteiger partial charge in [-0.2, -0.15) is 0 Å². The van der Waals surface area contributed by atoms with Crippen molar-refractivity contribution in [2.75, 3.05) is 31.9 Å². The highest BCUT2D eigenvalue weighted by Crippen LogP contribution is 2.32. The molecule has 1 aromatic carbocycles. The van der Waals surface area contributed by atoms with E-state index in [1.807, 2.05) is 0 Å². The molecule has 0 amide bonds. The molecule has 0 saturated heterocycles. The lowest BCUT2D eigenvalue weighted by Gasteiger charge is -2.13. The van der Waals surface area contributed by atoms with Gasteiger partial charge in [0.1, 0.15) is 11.5 Å². The normalized spacial score (nSPS) is 10.1. The first kappa shape index (κ1) is 14.8. The molecule has 0 saturated carbocycles. The molecule has 0 radical (unpaired) electrons. The highest BCUT2D eigenvalue weighted by atomic mass is 19.1. The Bertz CT molecular complexity index is 650. The second-order valence-electron chi connectivity index (χ2n) is 4.09. The van der Waals surface area contributed by atoms with Crippen LogP contribution in [-0.2, 0) is 0 Å². The number of rotatable bonds is 5. The van der Waals surface area contributed by atoms with Crippen LogP contribution < -0.4 is 20.1 Å². The van der Waals surface area contributed by atoms with Gasteiger partial charge in [0.2, 0.25) is 0 Å². The molecule has 112 valence electrons. The van der Waals surface area contributed by atoms with Crippen molar-refractivity contribution in [1.82, 2.24) is 4.98 Å². The van der Waals surface area contributed by atoms with Crippen molar-refractivity contribution in [2.45, 2.75) is 0 Å². The molecule has 5 nitrogen and oxygen atoms in total. The first-order valence-electron chi connectivity index (χ1n) is 6.12. The number of hydrogen-bond acceptors (Lipinski definition) is 5. The molecule has 21 heavy (non-hydrogen) atoms. The maximum Gasteiger partial charge on any atom is 0.169 e. The summed E-state index contributed by atoms with van der Waals surface area (Å²) in [5, 5.41) is 5.32. The van der Waals surface area contributed by atoms with Crippen LogP contribution in [0.25, 0.3) is 0 Å². The molecule has 0 unspecified atom stereocenters. The van der Waals surface area contributed by atoms with Gasteiger partial charge in [0.05, 0.1) is 19.9 Å². The van der Waals surface area contributed by atoms with E-state index in [-0.39, 0.29) is 11.6 Å². The van der Waals surface area contributed by atoms with E-state index in [1.54, 1.807) is 18.2 Å². The molecule has 0 aliphatic carbocycles. The fraction of sp³-hybridized carbons (Fsp3) is 0.214. The second-order valence-corrected chi connectivity index (χ2v) is 4.09. The quantitative estimate of drug-likeness (QED) is 0.887. The Morgan fingerprint density at radius 1 is 1.00 bits per heavy atom. The summed E-state index contributed by atoms with van der Waals surface area (Å²) in [6, 6.07) is 5.76. The Labute approximate surface area is 120 Å². The lowest BCUT2D eigenvalue weighted by Crippen LogP contribution is -2.04. The highest BCUT2D eigenvalue weighted by molar-refractivity contribution is 5.67. The van der Waals surface area contributed by atoms with Crippen molar-refractivity contribution in [2.24, 2.45) is 0 Å². The van der Waals surface area contributed by atoms with Gasteiger partial charge in [-0.25, -0.2) is 13.8 Å². The zero-order valence-corrected chi connectivity index (χ0v) is 11.8. The SMILES string of the molecule is CNc1nc(Nc2cc(OC)ccc2OC)c(F)cc1F. The summed E-state index contributed by atoms with van der Waals surface area (Å²) in [5.74, 6) is -0.704. The summed E-state index contributed by atoms with van der Waals surface area (Å²) in [7, 11) is 4.50. The number of halogens is 2. The molecule has 1 aromatic heterocycles. The zero-order valence-electron chi connectivity index (χ0n) is 11.8. The maximum absolute atomic E-state index is 13.8. The van der Waals surface area contributed by atoms with Crippen LogP contribution in [0.3, 0.4) is 0 Å². The first-order valence-corrected chi connectivity index (χ1v) is 6.12. The van der Waals surface area contributed by atoms with Crippen LogP contribution in [0.15, 0.2) is 24.3 Å². The minimum Gasteiger partial charge on any atom is -0.497 e. The molecule has 0 aliphatic heterocycles. The average Bonchev–Trinajstić information content (AvgIpc) is 2.49. The molecule has 0 aliphatic rings. The van der Waals surface area contributed by atoms with Gasteiger partial charge in [-0.05, 0) is 12.1 Å². The highest BCUT2D eigenvalue weighted by Gasteiger charge is 2.13.